The zero-order chi connectivity index (χ0) is 14.6. The Morgan fingerprint density at radius 2 is 1.79 bits per heavy atom. The van der Waals surface area contributed by atoms with Crippen LogP contribution in [0.25, 0.3) is 0 Å². The second kappa shape index (κ2) is 7.22. The first-order valence-electron chi connectivity index (χ1n) is 5.22. The molecule has 1 heterocycles. The number of halogens is 2. The molecule has 104 valence electrons. The predicted molar refractivity (Wildman–Crippen MR) is 85.8 cm³/mol. The van der Waals surface area contributed by atoms with Crippen molar-refractivity contribution >= 4 is 57.1 Å². The molecule has 0 aliphatic heterocycles. The lowest BCUT2D eigenvalue weighted by atomic mass is 10.4. The summed E-state index contributed by atoms with van der Waals surface area (Å²) in [4.78, 5) is 35.6. The largest absolute Gasteiger partial charge is 0.454 e. The van der Waals surface area contributed by atoms with Crippen LogP contribution in [-0.4, -0.2) is 42.0 Å². The quantitative estimate of drug-likeness (QED) is 0.461. The molecule has 0 unspecified atom stereocenters. The van der Waals surface area contributed by atoms with E-state index in [4.69, 9.17) is 4.74 Å². The summed E-state index contributed by atoms with van der Waals surface area (Å²) in [7, 11) is 3.17. The number of ether oxygens (including phenoxy) is 1. The van der Waals surface area contributed by atoms with E-state index in [0.717, 1.165) is 0 Å². The molecule has 0 spiro atoms. The molecule has 0 saturated heterocycles. The molecule has 0 atom stereocenters. The maximum absolute atomic E-state index is 11.6. The van der Waals surface area contributed by atoms with Gasteiger partial charge in [0.1, 0.15) is 6.54 Å². The van der Waals surface area contributed by atoms with Gasteiger partial charge in [-0.15, -0.1) is 0 Å². The maximum atomic E-state index is 11.6. The average Bonchev–Trinajstić information content (AvgIpc) is 2.32. The molecule has 0 aromatic carbocycles. The molecular formula is C11H12I2N2O4. The summed E-state index contributed by atoms with van der Waals surface area (Å²) < 4.78 is 7.47. The molecule has 19 heavy (non-hydrogen) atoms. The molecule has 0 bridgehead atoms. The third kappa shape index (κ3) is 5.09. The number of amides is 1. The molecule has 0 saturated carbocycles. The van der Waals surface area contributed by atoms with Crippen LogP contribution in [-0.2, 0) is 20.9 Å². The Morgan fingerprint density at radius 3 is 2.26 bits per heavy atom. The van der Waals surface area contributed by atoms with Crippen LogP contribution in [0.1, 0.15) is 0 Å². The lowest BCUT2D eigenvalue weighted by Gasteiger charge is -2.11. The highest BCUT2D eigenvalue weighted by Crippen LogP contribution is 2.04. The van der Waals surface area contributed by atoms with Crippen LogP contribution in [0, 0.1) is 7.14 Å². The summed E-state index contributed by atoms with van der Waals surface area (Å²) in [5.74, 6) is -0.803. The number of aromatic nitrogens is 1. The van der Waals surface area contributed by atoms with Crippen molar-refractivity contribution in [3.05, 3.63) is 29.8 Å². The van der Waals surface area contributed by atoms with Crippen LogP contribution in [0.4, 0.5) is 0 Å². The minimum absolute atomic E-state index is 0.0347. The Morgan fingerprint density at radius 1 is 1.26 bits per heavy atom. The molecule has 1 aromatic rings. The summed E-state index contributed by atoms with van der Waals surface area (Å²) in [6.45, 7) is -0.312. The number of likely N-dealkylation sites (N-methyl/N-ethyl adjacent to an activating group) is 1. The van der Waals surface area contributed by atoms with Crippen LogP contribution in [0.2, 0.25) is 0 Å². The van der Waals surface area contributed by atoms with E-state index in [1.807, 2.05) is 45.2 Å². The maximum Gasteiger partial charge on any atom is 0.326 e. The fourth-order valence-corrected chi connectivity index (χ4v) is 2.93. The molecule has 0 fully saturated rings. The lowest BCUT2D eigenvalue weighted by Crippen LogP contribution is -2.28. The van der Waals surface area contributed by atoms with Gasteiger partial charge in [-0.25, -0.2) is 0 Å². The van der Waals surface area contributed by atoms with E-state index in [9.17, 15) is 14.4 Å². The van der Waals surface area contributed by atoms with Crippen LogP contribution in [0.5, 0.6) is 0 Å². The van der Waals surface area contributed by atoms with Gasteiger partial charge in [-0.3, -0.25) is 14.4 Å². The standard InChI is InChI=1S/C11H12I2N2O4/c1-14(2)9(16)6-19-10(17)5-15-3-7(12)11(18)8(13)4-15/h3-4H,5-6H2,1-2H3. The lowest BCUT2D eigenvalue weighted by molar-refractivity contribution is -0.151. The van der Waals surface area contributed by atoms with Crippen molar-refractivity contribution in [1.29, 1.82) is 0 Å². The van der Waals surface area contributed by atoms with Gasteiger partial charge in [0.15, 0.2) is 6.61 Å². The Balaban J connectivity index is 2.63. The van der Waals surface area contributed by atoms with Gasteiger partial charge >= 0.3 is 5.97 Å². The number of rotatable bonds is 4. The summed E-state index contributed by atoms with van der Waals surface area (Å²) >= 11 is 3.82. The Hall–Kier alpha value is -0.650. The van der Waals surface area contributed by atoms with Crippen molar-refractivity contribution in [2.45, 2.75) is 6.54 Å². The minimum atomic E-state index is -0.523. The van der Waals surface area contributed by atoms with Gasteiger partial charge < -0.3 is 14.2 Å². The average molecular weight is 490 g/mol. The topological polar surface area (TPSA) is 68.6 Å². The first kappa shape index (κ1) is 16.4. The van der Waals surface area contributed by atoms with Crippen LogP contribution >= 0.6 is 45.2 Å². The highest BCUT2D eigenvalue weighted by Gasteiger charge is 2.10. The van der Waals surface area contributed by atoms with E-state index in [2.05, 4.69) is 0 Å². The SMILES string of the molecule is CN(C)C(=O)COC(=O)Cn1cc(I)c(=O)c(I)c1. The van der Waals surface area contributed by atoms with Crippen molar-refractivity contribution in [2.75, 3.05) is 20.7 Å². The molecule has 0 aliphatic rings. The summed E-state index contributed by atoms with van der Waals surface area (Å²) in [6.07, 6.45) is 3.14. The Labute approximate surface area is 137 Å². The van der Waals surface area contributed by atoms with E-state index < -0.39 is 5.97 Å². The van der Waals surface area contributed by atoms with Crippen molar-refractivity contribution in [1.82, 2.24) is 9.47 Å². The zero-order valence-electron chi connectivity index (χ0n) is 10.4. The van der Waals surface area contributed by atoms with Gasteiger partial charge in [0.2, 0.25) is 5.43 Å². The smallest absolute Gasteiger partial charge is 0.326 e. The van der Waals surface area contributed by atoms with Gasteiger partial charge in [-0.05, 0) is 45.2 Å². The number of esters is 1. The third-order valence-electron chi connectivity index (χ3n) is 2.16. The van der Waals surface area contributed by atoms with E-state index in [-0.39, 0.29) is 24.5 Å². The fourth-order valence-electron chi connectivity index (χ4n) is 1.12. The normalized spacial score (nSPS) is 10.1. The predicted octanol–water partition coefficient (Wildman–Crippen LogP) is 0.689. The van der Waals surface area contributed by atoms with Crippen LogP contribution in [0.3, 0.4) is 0 Å². The molecule has 1 aromatic heterocycles. The summed E-state index contributed by atoms with van der Waals surface area (Å²) in [5, 5.41) is 0. The summed E-state index contributed by atoms with van der Waals surface area (Å²) in [6, 6.07) is 0. The zero-order valence-corrected chi connectivity index (χ0v) is 14.7. The van der Waals surface area contributed by atoms with Gasteiger partial charge in [0.05, 0.1) is 7.14 Å². The molecule has 8 heteroatoms. The van der Waals surface area contributed by atoms with Gasteiger partial charge in [-0.2, -0.15) is 0 Å². The van der Waals surface area contributed by atoms with Crippen LogP contribution in [0.15, 0.2) is 17.2 Å². The highest BCUT2D eigenvalue weighted by atomic mass is 127. The van der Waals surface area contributed by atoms with Gasteiger partial charge in [0, 0.05) is 26.5 Å². The Kier molecular flexibility index (Phi) is 6.23. The number of hydrogen-bond donors (Lipinski definition) is 0. The first-order valence-corrected chi connectivity index (χ1v) is 7.38. The molecule has 0 aliphatic carbocycles. The molecule has 0 radical (unpaired) electrons. The van der Waals surface area contributed by atoms with Crippen molar-refractivity contribution < 1.29 is 14.3 Å². The molecule has 6 nitrogen and oxygen atoms in total. The second-order valence-electron chi connectivity index (χ2n) is 3.90. The first-order chi connectivity index (χ1) is 8.81. The fraction of sp³-hybridized carbons (Fsp3) is 0.364. The third-order valence-corrected chi connectivity index (χ3v) is 3.70. The number of hydrogen-bond acceptors (Lipinski definition) is 4. The summed E-state index contributed by atoms with van der Waals surface area (Å²) in [5.41, 5.74) is -0.0615. The monoisotopic (exact) mass is 490 g/mol. The molecular weight excluding hydrogens is 478 g/mol. The van der Waals surface area contributed by atoms with E-state index in [0.29, 0.717) is 7.14 Å². The second-order valence-corrected chi connectivity index (χ2v) is 6.23. The van der Waals surface area contributed by atoms with E-state index >= 15 is 0 Å². The van der Waals surface area contributed by atoms with Gasteiger partial charge in [0.25, 0.3) is 5.91 Å². The number of carbonyl (C=O) groups excluding carboxylic acids is 2. The van der Waals surface area contributed by atoms with E-state index in [1.54, 1.807) is 31.1 Å². The van der Waals surface area contributed by atoms with Crippen LogP contribution < -0.4 is 5.43 Å². The molecule has 1 rings (SSSR count). The van der Waals surface area contributed by atoms with Crippen molar-refractivity contribution in [2.24, 2.45) is 0 Å². The minimum Gasteiger partial charge on any atom is -0.454 e. The number of pyridine rings is 1. The molecule has 1 amide bonds. The number of nitrogens with zero attached hydrogens (tertiary/aromatic N) is 2. The number of carbonyl (C=O) groups is 2. The van der Waals surface area contributed by atoms with Crippen molar-refractivity contribution in [3.8, 4) is 0 Å². The van der Waals surface area contributed by atoms with Gasteiger partial charge in [-0.1, -0.05) is 0 Å². The van der Waals surface area contributed by atoms with Crippen molar-refractivity contribution in [3.63, 3.8) is 0 Å². The molecule has 0 N–H and O–H groups in total. The Bertz CT molecular complexity index is 528. The van der Waals surface area contributed by atoms with E-state index in [1.165, 1.54) is 4.90 Å². The highest BCUT2D eigenvalue weighted by molar-refractivity contribution is 14.1.